The Bertz CT molecular complexity index is 471. The molecule has 0 aliphatic carbocycles. The van der Waals surface area contributed by atoms with Gasteiger partial charge >= 0.3 is 5.97 Å². The number of carboxylic acids is 1. The lowest BCUT2D eigenvalue weighted by atomic mass is 9.82. The molecule has 0 fully saturated rings. The zero-order chi connectivity index (χ0) is 15.3. The molecule has 0 aromatic heterocycles. The summed E-state index contributed by atoms with van der Waals surface area (Å²) in [6, 6.07) is 5.42. The summed E-state index contributed by atoms with van der Waals surface area (Å²) in [7, 11) is 0. The predicted octanol–water partition coefficient (Wildman–Crippen LogP) is 3.77. The van der Waals surface area contributed by atoms with Crippen LogP contribution in [0.4, 0.5) is 0 Å². The van der Waals surface area contributed by atoms with E-state index in [4.69, 9.17) is 9.84 Å². The van der Waals surface area contributed by atoms with Gasteiger partial charge in [0.2, 0.25) is 0 Å². The molecule has 4 nitrogen and oxygen atoms in total. The van der Waals surface area contributed by atoms with Gasteiger partial charge in [-0.25, -0.2) is 0 Å². The van der Waals surface area contributed by atoms with Crippen LogP contribution in [0.15, 0.2) is 22.7 Å². The first kappa shape index (κ1) is 17.0. The first-order chi connectivity index (χ1) is 9.25. The van der Waals surface area contributed by atoms with Crippen molar-refractivity contribution in [1.29, 1.82) is 0 Å². The van der Waals surface area contributed by atoms with Gasteiger partial charge in [0.1, 0.15) is 5.75 Å². The molecule has 0 amide bonds. The standard InChI is InChI=1S/C15H21BrO4/c1-4-20-13-6-5-10(7-11(13)16)12(17)8-15(2,3)9-14(18)19/h5-7,12,17H,4,8-9H2,1-3H3,(H,18,19). The molecule has 1 aromatic rings. The summed E-state index contributed by atoms with van der Waals surface area (Å²) in [6.45, 7) is 6.16. The summed E-state index contributed by atoms with van der Waals surface area (Å²) >= 11 is 3.41. The highest BCUT2D eigenvalue weighted by Gasteiger charge is 2.26. The van der Waals surface area contributed by atoms with E-state index in [0.29, 0.717) is 13.0 Å². The molecule has 2 N–H and O–H groups in total. The largest absolute Gasteiger partial charge is 0.493 e. The highest BCUT2D eigenvalue weighted by molar-refractivity contribution is 9.10. The normalized spacial score (nSPS) is 13.1. The van der Waals surface area contributed by atoms with Crippen molar-refractivity contribution in [1.82, 2.24) is 0 Å². The molecule has 1 atom stereocenters. The van der Waals surface area contributed by atoms with Gasteiger partial charge in [-0.05, 0) is 52.4 Å². The minimum Gasteiger partial charge on any atom is -0.493 e. The van der Waals surface area contributed by atoms with Crippen LogP contribution < -0.4 is 4.74 Å². The molecular weight excluding hydrogens is 324 g/mol. The van der Waals surface area contributed by atoms with E-state index in [1.807, 2.05) is 26.8 Å². The molecule has 5 heteroatoms. The number of aliphatic hydroxyl groups excluding tert-OH is 1. The van der Waals surface area contributed by atoms with Gasteiger partial charge < -0.3 is 14.9 Å². The molecule has 0 aliphatic rings. The third kappa shape index (κ3) is 5.13. The fourth-order valence-electron chi connectivity index (χ4n) is 2.12. The number of hydrogen-bond acceptors (Lipinski definition) is 3. The molecule has 20 heavy (non-hydrogen) atoms. The van der Waals surface area contributed by atoms with Gasteiger partial charge in [0.05, 0.1) is 23.6 Å². The minimum atomic E-state index is -0.852. The molecule has 1 unspecified atom stereocenters. The molecule has 0 saturated heterocycles. The van der Waals surface area contributed by atoms with E-state index in [2.05, 4.69) is 15.9 Å². The molecule has 1 rings (SSSR count). The summed E-state index contributed by atoms with van der Waals surface area (Å²) in [5.74, 6) is -0.122. The van der Waals surface area contributed by atoms with Crippen LogP contribution in [0.3, 0.4) is 0 Å². The number of aliphatic hydroxyl groups is 1. The van der Waals surface area contributed by atoms with Crippen LogP contribution in [0.5, 0.6) is 5.75 Å². The smallest absolute Gasteiger partial charge is 0.303 e. The monoisotopic (exact) mass is 344 g/mol. The summed E-state index contributed by atoms with van der Waals surface area (Å²) in [5, 5.41) is 19.1. The lowest BCUT2D eigenvalue weighted by molar-refractivity contribution is -0.139. The van der Waals surface area contributed by atoms with Crippen molar-refractivity contribution in [3.8, 4) is 5.75 Å². The Labute approximate surface area is 127 Å². The summed E-state index contributed by atoms with van der Waals surface area (Å²) in [6.07, 6.45) is -0.279. The molecule has 112 valence electrons. The SMILES string of the molecule is CCOc1ccc(C(O)CC(C)(C)CC(=O)O)cc1Br. The van der Waals surface area contributed by atoms with E-state index in [-0.39, 0.29) is 6.42 Å². The molecule has 0 radical (unpaired) electrons. The van der Waals surface area contributed by atoms with Gasteiger partial charge in [-0.3, -0.25) is 4.79 Å². The van der Waals surface area contributed by atoms with Crippen LogP contribution in [0.1, 0.15) is 45.3 Å². The van der Waals surface area contributed by atoms with Gasteiger partial charge in [-0.15, -0.1) is 0 Å². The van der Waals surface area contributed by atoms with Gasteiger partial charge in [-0.1, -0.05) is 19.9 Å². The number of rotatable bonds is 7. The first-order valence-corrected chi connectivity index (χ1v) is 7.36. The van der Waals surface area contributed by atoms with Crippen molar-refractivity contribution in [3.05, 3.63) is 28.2 Å². The van der Waals surface area contributed by atoms with E-state index >= 15 is 0 Å². The van der Waals surface area contributed by atoms with Crippen molar-refractivity contribution in [2.75, 3.05) is 6.61 Å². The Morgan fingerprint density at radius 2 is 2.10 bits per heavy atom. The van der Waals surface area contributed by atoms with Crippen molar-refractivity contribution >= 4 is 21.9 Å². The van der Waals surface area contributed by atoms with Crippen LogP contribution in [0, 0.1) is 5.41 Å². The number of carboxylic acid groups (broad SMARTS) is 1. The third-order valence-corrected chi connectivity index (χ3v) is 3.64. The Kier molecular flexibility index (Phi) is 6.02. The van der Waals surface area contributed by atoms with Crippen LogP contribution in [-0.4, -0.2) is 22.8 Å². The number of aliphatic carboxylic acids is 1. The topological polar surface area (TPSA) is 66.8 Å². The average Bonchev–Trinajstić information content (AvgIpc) is 2.29. The third-order valence-electron chi connectivity index (χ3n) is 3.02. The van der Waals surface area contributed by atoms with Gasteiger partial charge in [0, 0.05) is 0 Å². The molecule has 0 aliphatic heterocycles. The number of carbonyl (C=O) groups is 1. The maximum Gasteiger partial charge on any atom is 0.303 e. The molecule has 0 heterocycles. The summed E-state index contributed by atoms with van der Waals surface area (Å²) in [5.41, 5.74) is 0.287. The van der Waals surface area contributed by atoms with Crippen LogP contribution >= 0.6 is 15.9 Å². The summed E-state index contributed by atoms with van der Waals surface area (Å²) in [4.78, 5) is 10.8. The second-order valence-electron chi connectivity index (χ2n) is 5.58. The zero-order valence-electron chi connectivity index (χ0n) is 12.0. The molecule has 0 saturated carbocycles. The maximum atomic E-state index is 10.8. The molecule has 1 aromatic carbocycles. The second-order valence-corrected chi connectivity index (χ2v) is 6.43. The maximum absolute atomic E-state index is 10.8. The average molecular weight is 345 g/mol. The van der Waals surface area contributed by atoms with Gasteiger partial charge in [0.25, 0.3) is 0 Å². The van der Waals surface area contributed by atoms with E-state index in [0.717, 1.165) is 15.8 Å². The van der Waals surface area contributed by atoms with E-state index in [1.54, 1.807) is 12.1 Å². The van der Waals surface area contributed by atoms with Gasteiger partial charge in [-0.2, -0.15) is 0 Å². The fourth-order valence-corrected chi connectivity index (χ4v) is 2.63. The lowest BCUT2D eigenvalue weighted by Gasteiger charge is -2.26. The highest BCUT2D eigenvalue weighted by atomic mass is 79.9. The zero-order valence-corrected chi connectivity index (χ0v) is 13.6. The molecular formula is C15H21BrO4. The van der Waals surface area contributed by atoms with E-state index < -0.39 is 17.5 Å². The quantitative estimate of drug-likeness (QED) is 0.789. The number of hydrogen-bond donors (Lipinski definition) is 2. The molecule has 0 spiro atoms. The Hall–Kier alpha value is -1.07. The van der Waals surface area contributed by atoms with Crippen molar-refractivity contribution in [3.63, 3.8) is 0 Å². The second kappa shape index (κ2) is 7.09. The van der Waals surface area contributed by atoms with Crippen molar-refractivity contribution < 1.29 is 19.7 Å². The predicted molar refractivity (Wildman–Crippen MR) is 80.9 cm³/mol. The van der Waals surface area contributed by atoms with Crippen LogP contribution in [0.25, 0.3) is 0 Å². The summed E-state index contributed by atoms with van der Waals surface area (Å²) < 4.78 is 6.20. The highest BCUT2D eigenvalue weighted by Crippen LogP contribution is 2.35. The van der Waals surface area contributed by atoms with Crippen LogP contribution in [0.2, 0.25) is 0 Å². The number of ether oxygens (including phenoxy) is 1. The van der Waals surface area contributed by atoms with Crippen LogP contribution in [-0.2, 0) is 4.79 Å². The Morgan fingerprint density at radius 1 is 1.45 bits per heavy atom. The first-order valence-electron chi connectivity index (χ1n) is 6.57. The minimum absolute atomic E-state index is 0.0300. The van der Waals surface area contributed by atoms with Crippen molar-refractivity contribution in [2.24, 2.45) is 5.41 Å². The lowest BCUT2D eigenvalue weighted by Crippen LogP contribution is -2.20. The molecule has 0 bridgehead atoms. The number of halogens is 1. The fraction of sp³-hybridized carbons (Fsp3) is 0.533. The van der Waals surface area contributed by atoms with Crippen molar-refractivity contribution in [2.45, 2.75) is 39.7 Å². The van der Waals surface area contributed by atoms with E-state index in [1.165, 1.54) is 0 Å². The Morgan fingerprint density at radius 3 is 2.60 bits per heavy atom. The number of benzene rings is 1. The van der Waals surface area contributed by atoms with Gasteiger partial charge in [0.15, 0.2) is 0 Å². The van der Waals surface area contributed by atoms with E-state index in [9.17, 15) is 9.90 Å². The Balaban J connectivity index is 2.79.